The molecule has 0 bridgehead atoms. The molecule has 4 nitrogen and oxygen atoms in total. The number of rotatable bonds is 8. The molecule has 1 saturated heterocycles. The Morgan fingerprint density at radius 2 is 1.78 bits per heavy atom. The number of nitrogens with zero attached hydrogens (tertiary/aromatic N) is 1. The number of amides is 1. The summed E-state index contributed by atoms with van der Waals surface area (Å²) in [5.41, 5.74) is 4.29. The Labute approximate surface area is 197 Å². The number of hydrogen-bond acceptors (Lipinski definition) is 4. The Morgan fingerprint density at radius 3 is 2.44 bits per heavy atom. The van der Waals surface area contributed by atoms with Gasteiger partial charge in [-0.1, -0.05) is 66.7 Å². The lowest BCUT2D eigenvalue weighted by molar-refractivity contribution is -0.150. The minimum atomic E-state index is -0.362. The highest BCUT2D eigenvalue weighted by Gasteiger charge is 2.52. The molecule has 2 aromatic carbocycles. The zero-order chi connectivity index (χ0) is 22.7. The maximum atomic E-state index is 12.9. The minimum Gasteiger partial charge on any atom is -0.299 e. The van der Waals surface area contributed by atoms with E-state index in [9.17, 15) is 14.4 Å². The van der Waals surface area contributed by atoms with Gasteiger partial charge in [-0.3, -0.25) is 19.3 Å². The molecule has 6 heteroatoms. The van der Waals surface area contributed by atoms with Crippen LogP contribution in [0.15, 0.2) is 71.9 Å². The first-order valence-corrected chi connectivity index (χ1v) is 12.1. The number of hydrogen-bond donors (Lipinski definition) is 0. The van der Waals surface area contributed by atoms with Crippen molar-refractivity contribution in [3.05, 3.63) is 88.6 Å². The predicted molar refractivity (Wildman–Crippen MR) is 129 cm³/mol. The first-order valence-electron chi connectivity index (χ1n) is 10.6. The van der Waals surface area contributed by atoms with Crippen LogP contribution in [0, 0.1) is 5.92 Å². The number of carbonyl (C=O) groups excluding carboxylic acids is 3. The SMILES string of the molecule is CC(=O)C1=C(/C=C\c2ccc(CCl)cc2)CS[C@@H]2[C@H](CC(=O)Cc3ccccc3)C(=O)N12. The van der Waals surface area contributed by atoms with E-state index in [0.717, 1.165) is 22.3 Å². The van der Waals surface area contributed by atoms with E-state index >= 15 is 0 Å². The van der Waals surface area contributed by atoms with E-state index in [-0.39, 0.29) is 35.2 Å². The van der Waals surface area contributed by atoms with E-state index in [1.54, 1.807) is 16.7 Å². The maximum absolute atomic E-state index is 12.9. The van der Waals surface area contributed by atoms with Gasteiger partial charge in [0.1, 0.15) is 5.78 Å². The van der Waals surface area contributed by atoms with Gasteiger partial charge in [0.25, 0.3) is 0 Å². The van der Waals surface area contributed by atoms with Gasteiger partial charge in [-0.25, -0.2) is 0 Å². The molecule has 164 valence electrons. The second-order valence-corrected chi connectivity index (χ2v) is 9.43. The van der Waals surface area contributed by atoms with Crippen LogP contribution in [0.3, 0.4) is 0 Å². The van der Waals surface area contributed by atoms with Crippen LogP contribution in [0.4, 0.5) is 0 Å². The average molecular weight is 466 g/mol. The standard InChI is InChI=1S/C26H24ClNO3S/c1-17(29)24-21(12-11-18-7-9-20(15-27)10-8-18)16-32-26-23(25(31)28(24)26)14-22(30)13-19-5-3-2-4-6-19/h2-12,23,26H,13-16H2,1H3/b12-11-/t23-,26-/m1/s1. The Morgan fingerprint density at radius 1 is 1.06 bits per heavy atom. The summed E-state index contributed by atoms with van der Waals surface area (Å²) in [6.45, 7) is 1.49. The minimum absolute atomic E-state index is 0.0502. The number of fused-ring (bicyclic) bond motifs is 1. The normalized spacial score (nSPS) is 20.3. The fraction of sp³-hybridized carbons (Fsp3) is 0.269. The summed E-state index contributed by atoms with van der Waals surface area (Å²) in [6, 6.07) is 17.4. The third-order valence-electron chi connectivity index (χ3n) is 5.74. The molecular formula is C26H24ClNO3S. The number of Topliss-reactive ketones (excluding diaryl/α,β-unsaturated/α-hetero) is 2. The summed E-state index contributed by atoms with van der Waals surface area (Å²) in [5.74, 6) is 0.519. The predicted octanol–water partition coefficient (Wildman–Crippen LogP) is 5.01. The molecular weight excluding hydrogens is 442 g/mol. The third-order valence-corrected chi connectivity index (χ3v) is 7.41. The van der Waals surface area contributed by atoms with Gasteiger partial charge in [-0.15, -0.1) is 23.4 Å². The Balaban J connectivity index is 1.47. The molecule has 2 aliphatic heterocycles. The van der Waals surface area contributed by atoms with E-state index in [2.05, 4.69) is 0 Å². The lowest BCUT2D eigenvalue weighted by atomic mass is 9.88. The first kappa shape index (κ1) is 22.6. The van der Waals surface area contributed by atoms with Crippen molar-refractivity contribution in [2.45, 2.75) is 31.0 Å². The Kier molecular flexibility index (Phi) is 6.97. The van der Waals surface area contributed by atoms with Crippen molar-refractivity contribution in [1.29, 1.82) is 0 Å². The Bertz CT molecular complexity index is 1090. The van der Waals surface area contributed by atoms with E-state index in [0.29, 0.717) is 23.8 Å². The number of thioether (sulfide) groups is 1. The van der Waals surface area contributed by atoms with Crippen LogP contribution in [-0.2, 0) is 26.7 Å². The maximum Gasteiger partial charge on any atom is 0.234 e. The van der Waals surface area contributed by atoms with Gasteiger partial charge in [0, 0.05) is 31.4 Å². The summed E-state index contributed by atoms with van der Waals surface area (Å²) in [4.78, 5) is 39.5. The molecule has 2 heterocycles. The fourth-order valence-electron chi connectivity index (χ4n) is 4.12. The van der Waals surface area contributed by atoms with Gasteiger partial charge in [0.15, 0.2) is 5.78 Å². The number of ketones is 2. The van der Waals surface area contributed by atoms with Gasteiger partial charge in [0.05, 0.1) is 17.0 Å². The van der Waals surface area contributed by atoms with Crippen molar-refractivity contribution in [3.63, 3.8) is 0 Å². The largest absolute Gasteiger partial charge is 0.299 e. The molecule has 0 unspecified atom stereocenters. The zero-order valence-electron chi connectivity index (χ0n) is 17.8. The van der Waals surface area contributed by atoms with Crippen LogP contribution in [0.25, 0.3) is 6.08 Å². The van der Waals surface area contributed by atoms with Gasteiger partial charge in [0.2, 0.25) is 5.91 Å². The highest BCUT2D eigenvalue weighted by atomic mass is 35.5. The first-order chi connectivity index (χ1) is 15.5. The van der Waals surface area contributed by atoms with Gasteiger partial charge < -0.3 is 0 Å². The molecule has 2 atom stereocenters. The average Bonchev–Trinajstić information content (AvgIpc) is 2.81. The number of β-lactam (4-membered cyclic amide) rings is 1. The zero-order valence-corrected chi connectivity index (χ0v) is 19.4. The molecule has 2 aromatic rings. The summed E-state index contributed by atoms with van der Waals surface area (Å²) < 4.78 is 0. The van der Waals surface area contributed by atoms with E-state index in [1.807, 2.05) is 66.7 Å². The van der Waals surface area contributed by atoms with Crippen molar-refractivity contribution in [2.24, 2.45) is 5.92 Å². The number of benzene rings is 2. The number of allylic oxidation sites excluding steroid dienone is 2. The highest BCUT2D eigenvalue weighted by Crippen LogP contribution is 2.45. The molecule has 32 heavy (non-hydrogen) atoms. The van der Waals surface area contributed by atoms with Gasteiger partial charge in [-0.05, 0) is 22.3 Å². The lowest BCUT2D eigenvalue weighted by Crippen LogP contribution is -2.61. The second kappa shape index (κ2) is 9.88. The van der Waals surface area contributed by atoms with E-state index in [4.69, 9.17) is 11.6 Å². The van der Waals surface area contributed by atoms with Crippen molar-refractivity contribution >= 4 is 46.9 Å². The molecule has 0 aliphatic carbocycles. The molecule has 2 aliphatic rings. The van der Waals surface area contributed by atoms with Gasteiger partial charge in [-0.2, -0.15) is 0 Å². The summed E-state index contributed by atoms with van der Waals surface area (Å²) in [6.07, 6.45) is 4.40. The number of carbonyl (C=O) groups is 3. The van der Waals surface area contributed by atoms with Crippen molar-refractivity contribution in [2.75, 3.05) is 5.75 Å². The van der Waals surface area contributed by atoms with Gasteiger partial charge >= 0.3 is 0 Å². The van der Waals surface area contributed by atoms with E-state index in [1.165, 1.54) is 6.92 Å². The third kappa shape index (κ3) is 4.74. The smallest absolute Gasteiger partial charge is 0.234 e. The Hall–Kier alpha value is -2.63. The monoisotopic (exact) mass is 465 g/mol. The molecule has 0 N–H and O–H groups in total. The van der Waals surface area contributed by atoms with Crippen LogP contribution in [0.5, 0.6) is 0 Å². The van der Waals surface area contributed by atoms with Crippen molar-refractivity contribution in [1.82, 2.24) is 4.90 Å². The molecule has 1 amide bonds. The number of halogens is 1. The molecule has 0 spiro atoms. The molecule has 0 radical (unpaired) electrons. The lowest BCUT2D eigenvalue weighted by Gasteiger charge is -2.50. The quantitative estimate of drug-likeness (QED) is 0.406. The summed E-state index contributed by atoms with van der Waals surface area (Å²) in [5, 5.41) is -0.152. The topological polar surface area (TPSA) is 54.5 Å². The molecule has 1 fully saturated rings. The van der Waals surface area contributed by atoms with E-state index < -0.39 is 0 Å². The van der Waals surface area contributed by atoms with Crippen molar-refractivity contribution < 1.29 is 14.4 Å². The highest BCUT2D eigenvalue weighted by molar-refractivity contribution is 8.00. The summed E-state index contributed by atoms with van der Waals surface area (Å²) >= 11 is 7.46. The second-order valence-electron chi connectivity index (χ2n) is 8.06. The molecule has 0 aromatic heterocycles. The van der Waals surface area contributed by atoms with Crippen molar-refractivity contribution in [3.8, 4) is 0 Å². The van der Waals surface area contributed by atoms with Crippen LogP contribution < -0.4 is 0 Å². The fourth-order valence-corrected chi connectivity index (χ4v) is 5.68. The molecule has 0 saturated carbocycles. The summed E-state index contributed by atoms with van der Waals surface area (Å²) in [7, 11) is 0. The number of alkyl halides is 1. The van der Waals surface area contributed by atoms with Crippen LogP contribution in [-0.4, -0.2) is 33.5 Å². The molecule has 4 rings (SSSR count). The van der Waals surface area contributed by atoms with Crippen LogP contribution >= 0.6 is 23.4 Å². The van der Waals surface area contributed by atoms with Crippen LogP contribution in [0.1, 0.15) is 30.0 Å². The van der Waals surface area contributed by atoms with Crippen LogP contribution in [0.2, 0.25) is 0 Å².